The molecule has 0 saturated carbocycles. The number of aromatic nitrogens is 1. The molecule has 0 amide bonds. The Kier molecular flexibility index (Phi) is 10.1. The molecule has 1 atom stereocenters. The van der Waals surface area contributed by atoms with E-state index in [0.717, 1.165) is 6.07 Å². The number of ether oxygens (including phenoxy) is 2. The van der Waals surface area contributed by atoms with Crippen molar-refractivity contribution < 1.29 is 27.0 Å². The Morgan fingerprint density at radius 1 is 1.27 bits per heavy atom. The molecule has 166 valence electrons. The normalized spacial score (nSPS) is 12.6. The van der Waals surface area contributed by atoms with Crippen LogP contribution in [0.3, 0.4) is 0 Å². The van der Waals surface area contributed by atoms with Gasteiger partial charge in [0.15, 0.2) is 17.5 Å². The number of aliphatic imine (C=N–C) groups is 1. The van der Waals surface area contributed by atoms with E-state index in [9.17, 15) is 17.6 Å². The number of nitrogens with zero attached hydrogens (tertiary/aromatic N) is 2. The second kappa shape index (κ2) is 11.8. The summed E-state index contributed by atoms with van der Waals surface area (Å²) in [5.41, 5.74) is -0.261. The molecule has 11 heteroatoms. The van der Waals surface area contributed by atoms with Crippen LogP contribution >= 0.6 is 24.0 Å². The van der Waals surface area contributed by atoms with Crippen molar-refractivity contribution in [3.8, 4) is 11.6 Å². The fraction of sp³-hybridized carbons (Fsp3) is 0.368. The summed E-state index contributed by atoms with van der Waals surface area (Å²) >= 11 is 0. The zero-order valence-electron chi connectivity index (χ0n) is 16.6. The van der Waals surface area contributed by atoms with Crippen molar-refractivity contribution in [2.24, 2.45) is 4.99 Å². The van der Waals surface area contributed by atoms with Gasteiger partial charge in [-0.2, -0.15) is 13.2 Å². The van der Waals surface area contributed by atoms with Crippen molar-refractivity contribution in [1.29, 1.82) is 0 Å². The lowest BCUT2D eigenvalue weighted by atomic mass is 10.1. The second-order valence-corrected chi connectivity index (χ2v) is 5.96. The molecule has 0 spiro atoms. The maximum absolute atomic E-state index is 13.9. The van der Waals surface area contributed by atoms with Gasteiger partial charge in [0.1, 0.15) is 12.2 Å². The van der Waals surface area contributed by atoms with Gasteiger partial charge in [0.2, 0.25) is 5.88 Å². The number of rotatable bonds is 7. The fourth-order valence-electron chi connectivity index (χ4n) is 2.47. The van der Waals surface area contributed by atoms with Crippen LogP contribution in [-0.4, -0.2) is 38.3 Å². The Bertz CT molecular complexity index is 850. The molecule has 0 saturated heterocycles. The number of benzene rings is 1. The van der Waals surface area contributed by atoms with Gasteiger partial charge in [-0.15, -0.1) is 24.0 Å². The van der Waals surface area contributed by atoms with Crippen molar-refractivity contribution in [2.45, 2.75) is 19.1 Å². The van der Waals surface area contributed by atoms with Gasteiger partial charge in [-0.3, -0.25) is 4.99 Å². The van der Waals surface area contributed by atoms with Gasteiger partial charge < -0.3 is 20.1 Å². The highest BCUT2D eigenvalue weighted by Crippen LogP contribution is 2.34. The Hall–Kier alpha value is -2.31. The minimum absolute atomic E-state index is 0. The van der Waals surface area contributed by atoms with E-state index >= 15 is 0 Å². The Morgan fingerprint density at radius 2 is 2.00 bits per heavy atom. The number of hydrogen-bond donors (Lipinski definition) is 2. The van der Waals surface area contributed by atoms with Crippen LogP contribution in [0.1, 0.15) is 24.1 Å². The van der Waals surface area contributed by atoms with Crippen LogP contribution in [0.5, 0.6) is 11.6 Å². The molecule has 0 bridgehead atoms. The molecule has 1 unspecified atom stereocenters. The molecule has 0 radical (unpaired) electrons. The van der Waals surface area contributed by atoms with Gasteiger partial charge in [0.05, 0.1) is 19.7 Å². The molecule has 0 aliphatic carbocycles. The number of alkyl halides is 3. The Morgan fingerprint density at radius 3 is 2.60 bits per heavy atom. The minimum atomic E-state index is -4.54. The zero-order chi connectivity index (χ0) is 21.4. The number of methoxy groups -OCH3 is 1. The predicted molar refractivity (Wildman–Crippen MR) is 116 cm³/mol. The van der Waals surface area contributed by atoms with Crippen molar-refractivity contribution in [3.63, 3.8) is 0 Å². The molecule has 0 fully saturated rings. The van der Waals surface area contributed by atoms with Crippen LogP contribution in [0.15, 0.2) is 41.5 Å². The van der Waals surface area contributed by atoms with E-state index < -0.39 is 23.4 Å². The third-order valence-electron chi connectivity index (χ3n) is 3.96. The standard InChI is InChI=1S/C19H22F4N4O2.HI/c1-12(13-6-7-16(28-3)15(20)11-13)27-18(24-2)26-9-10-29-17-14(19(21,22)23)5-4-8-25-17;/h4-8,11-12H,9-10H2,1-3H3,(H2,24,26,27);1H. The molecule has 0 aliphatic heterocycles. The third-order valence-corrected chi connectivity index (χ3v) is 3.96. The first kappa shape index (κ1) is 25.7. The molecule has 1 aromatic heterocycles. The van der Waals surface area contributed by atoms with E-state index in [1.165, 1.54) is 38.6 Å². The van der Waals surface area contributed by atoms with Crippen molar-refractivity contribution in [1.82, 2.24) is 15.6 Å². The smallest absolute Gasteiger partial charge is 0.421 e. The first-order valence-corrected chi connectivity index (χ1v) is 8.72. The number of pyridine rings is 1. The molecule has 2 aromatic rings. The fourth-order valence-corrected chi connectivity index (χ4v) is 2.47. The number of guanidine groups is 1. The van der Waals surface area contributed by atoms with Crippen LogP contribution < -0.4 is 20.1 Å². The van der Waals surface area contributed by atoms with Crippen LogP contribution in [0, 0.1) is 5.82 Å². The maximum Gasteiger partial charge on any atom is 0.421 e. The van der Waals surface area contributed by atoms with Gasteiger partial charge in [-0.25, -0.2) is 9.37 Å². The summed E-state index contributed by atoms with van der Waals surface area (Å²) in [6.07, 6.45) is -3.31. The average molecular weight is 542 g/mol. The largest absolute Gasteiger partial charge is 0.494 e. The van der Waals surface area contributed by atoms with Crippen molar-refractivity contribution in [3.05, 3.63) is 53.5 Å². The summed E-state index contributed by atoms with van der Waals surface area (Å²) in [5, 5.41) is 5.98. The molecule has 1 heterocycles. The van der Waals surface area contributed by atoms with Gasteiger partial charge in [-0.05, 0) is 36.8 Å². The molecule has 1 aromatic carbocycles. The number of hydrogen-bond acceptors (Lipinski definition) is 4. The summed E-state index contributed by atoms with van der Waals surface area (Å²) in [4.78, 5) is 7.67. The number of halogens is 5. The van der Waals surface area contributed by atoms with Crippen LogP contribution in [-0.2, 0) is 6.18 Å². The van der Waals surface area contributed by atoms with Crippen LogP contribution in [0.25, 0.3) is 0 Å². The van der Waals surface area contributed by atoms with Gasteiger partial charge in [0, 0.05) is 13.2 Å². The van der Waals surface area contributed by atoms with Gasteiger partial charge >= 0.3 is 6.18 Å². The topological polar surface area (TPSA) is 67.8 Å². The van der Waals surface area contributed by atoms with Crippen molar-refractivity contribution >= 4 is 29.9 Å². The monoisotopic (exact) mass is 542 g/mol. The second-order valence-electron chi connectivity index (χ2n) is 5.96. The van der Waals surface area contributed by atoms with Gasteiger partial charge in [-0.1, -0.05) is 6.07 Å². The van der Waals surface area contributed by atoms with E-state index in [1.807, 2.05) is 6.92 Å². The lowest BCUT2D eigenvalue weighted by Gasteiger charge is -2.19. The Balaban J connectivity index is 0.00000450. The molecule has 2 N–H and O–H groups in total. The average Bonchev–Trinajstić information content (AvgIpc) is 2.69. The van der Waals surface area contributed by atoms with Crippen LogP contribution in [0.2, 0.25) is 0 Å². The van der Waals surface area contributed by atoms with E-state index in [-0.39, 0.29) is 48.9 Å². The molecule has 2 rings (SSSR count). The van der Waals surface area contributed by atoms with Crippen molar-refractivity contribution in [2.75, 3.05) is 27.3 Å². The summed E-state index contributed by atoms with van der Waals surface area (Å²) in [7, 11) is 2.92. The Labute approximate surface area is 189 Å². The summed E-state index contributed by atoms with van der Waals surface area (Å²) in [6, 6.07) is 6.42. The van der Waals surface area contributed by atoms with Crippen LogP contribution in [0.4, 0.5) is 17.6 Å². The SMILES string of the molecule is CN=C(NCCOc1ncccc1C(F)(F)F)NC(C)c1ccc(OC)c(F)c1.I. The summed E-state index contributed by atoms with van der Waals surface area (Å²) < 4.78 is 62.7. The molecule has 0 aliphatic rings. The zero-order valence-corrected chi connectivity index (χ0v) is 18.9. The van der Waals surface area contributed by atoms with E-state index in [4.69, 9.17) is 9.47 Å². The first-order chi connectivity index (χ1) is 13.8. The minimum Gasteiger partial charge on any atom is -0.494 e. The lowest BCUT2D eigenvalue weighted by molar-refractivity contribution is -0.139. The molecular formula is C19H23F4IN4O2. The summed E-state index contributed by atoms with van der Waals surface area (Å²) in [6.45, 7) is 1.93. The molecule has 6 nitrogen and oxygen atoms in total. The molecule has 30 heavy (non-hydrogen) atoms. The lowest BCUT2D eigenvalue weighted by Crippen LogP contribution is -2.40. The number of nitrogens with one attached hydrogen (secondary N) is 2. The van der Waals surface area contributed by atoms with E-state index in [0.29, 0.717) is 11.5 Å². The highest BCUT2D eigenvalue weighted by atomic mass is 127. The van der Waals surface area contributed by atoms with E-state index in [2.05, 4.69) is 20.6 Å². The first-order valence-electron chi connectivity index (χ1n) is 8.72. The van der Waals surface area contributed by atoms with E-state index in [1.54, 1.807) is 6.07 Å². The highest BCUT2D eigenvalue weighted by Gasteiger charge is 2.35. The third kappa shape index (κ3) is 7.18. The molecular weight excluding hydrogens is 519 g/mol. The summed E-state index contributed by atoms with van der Waals surface area (Å²) in [5.74, 6) is -0.430. The quantitative estimate of drug-likeness (QED) is 0.181. The van der Waals surface area contributed by atoms with Gasteiger partial charge in [0.25, 0.3) is 0 Å². The maximum atomic E-state index is 13.9. The predicted octanol–water partition coefficient (Wildman–Crippen LogP) is 4.17. The highest BCUT2D eigenvalue weighted by molar-refractivity contribution is 14.0.